The number of rotatable bonds is 3. The van der Waals surface area contributed by atoms with E-state index in [0.29, 0.717) is 17.9 Å². The Balaban J connectivity index is 1.88. The number of hydrogen-bond donors (Lipinski definition) is 1. The molecule has 0 unspecified atom stereocenters. The fourth-order valence-corrected chi connectivity index (χ4v) is 4.49. The molecule has 6 nitrogen and oxygen atoms in total. The van der Waals surface area contributed by atoms with Gasteiger partial charge in [-0.15, -0.1) is 11.3 Å². The summed E-state index contributed by atoms with van der Waals surface area (Å²) < 4.78 is 13.1. The lowest BCUT2D eigenvalue weighted by molar-refractivity contribution is 0.0955. The summed E-state index contributed by atoms with van der Waals surface area (Å²) in [5, 5.41) is 11.5. The molecule has 26 heavy (non-hydrogen) atoms. The number of aromatic nitrogens is 1. The van der Waals surface area contributed by atoms with Crippen LogP contribution in [0.15, 0.2) is 39.8 Å². The van der Waals surface area contributed by atoms with E-state index in [4.69, 9.17) is 15.2 Å². The summed E-state index contributed by atoms with van der Waals surface area (Å²) in [5.74, 6) is 0.00710. The summed E-state index contributed by atoms with van der Waals surface area (Å²) in [6.45, 7) is 3.12. The number of allylic oxidation sites excluding steroid dienone is 1. The number of hydrogen-bond acceptors (Lipinski definition) is 6. The highest BCUT2D eigenvalue weighted by atomic mass is 32.1. The van der Waals surface area contributed by atoms with Crippen molar-refractivity contribution in [2.45, 2.75) is 38.3 Å². The summed E-state index contributed by atoms with van der Waals surface area (Å²) in [7, 11) is 0. The first-order valence-corrected chi connectivity index (χ1v) is 9.45. The minimum absolute atomic E-state index is 0.0465. The van der Waals surface area contributed by atoms with Crippen LogP contribution in [0.1, 0.15) is 34.9 Å². The molecule has 2 N–H and O–H groups in total. The maximum absolute atomic E-state index is 13.4. The number of nitriles is 1. The van der Waals surface area contributed by atoms with E-state index in [1.807, 2.05) is 30.5 Å². The van der Waals surface area contributed by atoms with Gasteiger partial charge >= 0.3 is 0 Å². The number of thiophene rings is 1. The molecule has 4 rings (SSSR count). The Bertz CT molecular complexity index is 963. The normalized spacial score (nSPS) is 22.0. The number of pyridine rings is 1. The third kappa shape index (κ3) is 2.71. The average Bonchev–Trinajstić information content (AvgIpc) is 3.31. The molecule has 0 aliphatic carbocycles. The molecule has 1 saturated heterocycles. The number of nitrogens with two attached hydrogens (primary N) is 1. The van der Waals surface area contributed by atoms with Gasteiger partial charge in [0, 0.05) is 23.2 Å². The van der Waals surface area contributed by atoms with Crippen LogP contribution in [0.4, 0.5) is 0 Å². The van der Waals surface area contributed by atoms with Gasteiger partial charge in [-0.25, -0.2) is 0 Å². The molecule has 1 fully saturated rings. The van der Waals surface area contributed by atoms with E-state index in [9.17, 15) is 10.1 Å². The lowest BCUT2D eigenvalue weighted by Crippen LogP contribution is -2.34. The summed E-state index contributed by atoms with van der Waals surface area (Å²) >= 11 is 1.50. The van der Waals surface area contributed by atoms with Gasteiger partial charge in [0.2, 0.25) is 5.88 Å². The highest BCUT2D eigenvalue weighted by Gasteiger charge is 2.35. The highest BCUT2D eigenvalue weighted by molar-refractivity contribution is 7.10. The van der Waals surface area contributed by atoms with Crippen LogP contribution in [0.25, 0.3) is 0 Å². The Morgan fingerprint density at radius 2 is 2.35 bits per heavy atom. The van der Waals surface area contributed by atoms with Crippen LogP contribution in [0, 0.1) is 18.3 Å². The van der Waals surface area contributed by atoms with Crippen LogP contribution in [-0.2, 0) is 11.3 Å². The Hall–Kier alpha value is -2.56. The van der Waals surface area contributed by atoms with Gasteiger partial charge in [0.25, 0.3) is 5.56 Å². The van der Waals surface area contributed by atoms with Gasteiger partial charge in [-0.3, -0.25) is 4.79 Å². The molecule has 2 atom stereocenters. The molecule has 134 valence electrons. The lowest BCUT2D eigenvalue weighted by atomic mass is 9.88. The zero-order valence-electron chi connectivity index (χ0n) is 14.4. The molecule has 7 heteroatoms. The predicted octanol–water partition coefficient (Wildman–Crippen LogP) is 2.62. The zero-order valence-corrected chi connectivity index (χ0v) is 15.2. The number of ether oxygens (including phenoxy) is 2. The van der Waals surface area contributed by atoms with Crippen molar-refractivity contribution < 1.29 is 9.47 Å². The van der Waals surface area contributed by atoms with Gasteiger partial charge in [0.1, 0.15) is 17.4 Å². The molecule has 0 spiro atoms. The zero-order chi connectivity index (χ0) is 18.3. The molecule has 0 radical (unpaired) electrons. The van der Waals surface area contributed by atoms with E-state index in [1.54, 1.807) is 4.57 Å². The minimum atomic E-state index is -0.493. The monoisotopic (exact) mass is 369 g/mol. The van der Waals surface area contributed by atoms with Crippen LogP contribution in [0.5, 0.6) is 5.75 Å². The van der Waals surface area contributed by atoms with Crippen LogP contribution in [0.3, 0.4) is 0 Å². The highest BCUT2D eigenvalue weighted by Crippen LogP contribution is 2.42. The van der Waals surface area contributed by atoms with Gasteiger partial charge in [-0.05, 0) is 31.2 Å². The molecule has 0 bridgehead atoms. The minimum Gasteiger partial charge on any atom is -0.440 e. The summed E-state index contributed by atoms with van der Waals surface area (Å²) in [6, 6.07) is 7.78. The first-order valence-electron chi connectivity index (χ1n) is 8.57. The van der Waals surface area contributed by atoms with Gasteiger partial charge in [0.05, 0.1) is 24.1 Å². The molecular formula is C19H19N3O3S. The van der Waals surface area contributed by atoms with Crippen LogP contribution < -0.4 is 16.0 Å². The van der Waals surface area contributed by atoms with Crippen molar-refractivity contribution in [3.63, 3.8) is 0 Å². The van der Waals surface area contributed by atoms with E-state index in [0.717, 1.165) is 30.0 Å². The second-order valence-electron chi connectivity index (χ2n) is 6.55. The molecule has 2 aromatic heterocycles. The Morgan fingerprint density at radius 1 is 1.50 bits per heavy atom. The predicted molar refractivity (Wildman–Crippen MR) is 98.0 cm³/mol. The number of nitrogens with zero attached hydrogens (tertiary/aromatic N) is 2. The van der Waals surface area contributed by atoms with Crippen molar-refractivity contribution in [1.29, 1.82) is 5.26 Å². The fourth-order valence-electron chi connectivity index (χ4n) is 3.65. The topological polar surface area (TPSA) is 90.3 Å². The first kappa shape index (κ1) is 16.9. The van der Waals surface area contributed by atoms with Crippen molar-refractivity contribution in [3.05, 3.63) is 61.5 Å². The Kier molecular flexibility index (Phi) is 4.31. The smallest absolute Gasteiger partial charge is 0.258 e. The van der Waals surface area contributed by atoms with Crippen molar-refractivity contribution in [1.82, 2.24) is 4.57 Å². The van der Waals surface area contributed by atoms with Gasteiger partial charge < -0.3 is 19.8 Å². The van der Waals surface area contributed by atoms with E-state index >= 15 is 0 Å². The van der Waals surface area contributed by atoms with Gasteiger partial charge in [-0.2, -0.15) is 5.26 Å². The van der Waals surface area contributed by atoms with Gasteiger partial charge in [0.15, 0.2) is 0 Å². The molecular weight excluding hydrogens is 350 g/mol. The third-order valence-corrected chi connectivity index (χ3v) is 5.86. The molecule has 2 aliphatic rings. The maximum atomic E-state index is 13.4. The average molecular weight is 369 g/mol. The van der Waals surface area contributed by atoms with Crippen molar-refractivity contribution in [3.8, 4) is 11.8 Å². The molecule has 0 aromatic carbocycles. The van der Waals surface area contributed by atoms with E-state index in [1.165, 1.54) is 11.3 Å². The van der Waals surface area contributed by atoms with Crippen LogP contribution in [0.2, 0.25) is 0 Å². The second-order valence-corrected chi connectivity index (χ2v) is 7.53. The first-order chi connectivity index (χ1) is 12.6. The lowest BCUT2D eigenvalue weighted by Gasteiger charge is -2.27. The van der Waals surface area contributed by atoms with Crippen molar-refractivity contribution in [2.75, 3.05) is 6.61 Å². The Labute approximate surface area is 155 Å². The summed E-state index contributed by atoms with van der Waals surface area (Å²) in [6.07, 6.45) is 2.01. The summed E-state index contributed by atoms with van der Waals surface area (Å²) in [4.78, 5) is 14.3. The van der Waals surface area contributed by atoms with E-state index in [-0.39, 0.29) is 23.1 Å². The van der Waals surface area contributed by atoms with E-state index < -0.39 is 5.92 Å². The van der Waals surface area contributed by atoms with Gasteiger partial charge in [-0.1, -0.05) is 6.07 Å². The van der Waals surface area contributed by atoms with Crippen molar-refractivity contribution in [2.24, 2.45) is 5.73 Å². The SMILES string of the molecule is Cc1cc2c(c(=O)n1C[C@@H]1CCCO1)[C@@H](c1cccs1)C(C#N)=C(N)O2. The molecule has 2 aliphatic heterocycles. The van der Waals surface area contributed by atoms with Crippen LogP contribution in [-0.4, -0.2) is 17.3 Å². The summed E-state index contributed by atoms with van der Waals surface area (Å²) in [5.41, 5.74) is 7.39. The standard InChI is InChI=1S/C19H19N3O3S/c1-11-8-14-17(19(23)22(11)10-12-4-2-6-24-12)16(15-5-3-7-26-15)13(9-20)18(21)25-14/h3,5,7-8,12,16H,2,4,6,10,21H2,1H3/t12-,16+/m0/s1. The third-order valence-electron chi connectivity index (χ3n) is 4.93. The molecule has 0 amide bonds. The fraction of sp³-hybridized carbons (Fsp3) is 0.368. The quantitative estimate of drug-likeness (QED) is 0.898. The molecule has 4 heterocycles. The second kappa shape index (κ2) is 6.63. The Morgan fingerprint density at radius 3 is 3.00 bits per heavy atom. The molecule has 2 aromatic rings. The number of aryl methyl sites for hydroxylation is 1. The number of fused-ring (bicyclic) bond motifs is 1. The van der Waals surface area contributed by atoms with Crippen molar-refractivity contribution >= 4 is 11.3 Å². The molecule has 0 saturated carbocycles. The maximum Gasteiger partial charge on any atom is 0.258 e. The van der Waals surface area contributed by atoms with E-state index in [2.05, 4.69) is 6.07 Å². The van der Waals surface area contributed by atoms with Crippen LogP contribution >= 0.6 is 11.3 Å². The largest absolute Gasteiger partial charge is 0.440 e.